The lowest BCUT2D eigenvalue weighted by Gasteiger charge is -2.10. The summed E-state index contributed by atoms with van der Waals surface area (Å²) in [6.07, 6.45) is 2.36. The first-order valence-corrected chi connectivity index (χ1v) is 6.72. The molecule has 3 nitrogen and oxygen atoms in total. The number of rotatable bonds is 3. The summed E-state index contributed by atoms with van der Waals surface area (Å²) in [5, 5.41) is 0.562. The van der Waals surface area contributed by atoms with Crippen molar-refractivity contribution in [3.05, 3.63) is 45.3 Å². The number of ether oxygens (including phenoxy) is 1. The van der Waals surface area contributed by atoms with Gasteiger partial charge in [-0.25, -0.2) is 4.98 Å². The summed E-state index contributed by atoms with van der Waals surface area (Å²) in [6, 6.07) is 5.57. The van der Waals surface area contributed by atoms with Gasteiger partial charge < -0.3 is 4.74 Å². The number of nitrogens with zero attached hydrogens (tertiary/aromatic N) is 2. The van der Waals surface area contributed by atoms with Gasteiger partial charge >= 0.3 is 0 Å². The maximum atomic E-state index is 5.84. The summed E-state index contributed by atoms with van der Waals surface area (Å²) in [5.74, 6) is 1.21. The van der Waals surface area contributed by atoms with Gasteiger partial charge in [-0.2, -0.15) is 0 Å². The van der Waals surface area contributed by atoms with Crippen LogP contribution in [0.15, 0.2) is 28.9 Å². The van der Waals surface area contributed by atoms with E-state index < -0.39 is 0 Å². The Morgan fingerprint density at radius 1 is 1.39 bits per heavy atom. The predicted molar refractivity (Wildman–Crippen MR) is 75.4 cm³/mol. The molecule has 0 aliphatic carbocycles. The lowest BCUT2D eigenvalue weighted by molar-refractivity contribution is 0.451. The largest absolute Gasteiger partial charge is 0.436 e. The molecule has 0 aromatic carbocycles. The Bertz CT molecular complexity index is 575. The second kappa shape index (κ2) is 5.67. The molecule has 0 N–H and O–H groups in total. The number of aromatic nitrogens is 2. The van der Waals surface area contributed by atoms with E-state index in [-0.39, 0.29) is 0 Å². The maximum absolute atomic E-state index is 5.84. The van der Waals surface area contributed by atoms with E-state index >= 15 is 0 Å². The molecule has 0 bridgehead atoms. The third-order valence-electron chi connectivity index (χ3n) is 2.39. The first kappa shape index (κ1) is 13.3. The van der Waals surface area contributed by atoms with E-state index in [1.165, 1.54) is 0 Å². The molecule has 0 amide bonds. The quantitative estimate of drug-likeness (QED) is 0.829. The average molecular weight is 328 g/mol. The van der Waals surface area contributed by atoms with Crippen LogP contribution in [0.1, 0.15) is 18.3 Å². The first-order valence-electron chi connectivity index (χ1n) is 5.55. The van der Waals surface area contributed by atoms with Gasteiger partial charge in [0.1, 0.15) is 0 Å². The van der Waals surface area contributed by atoms with Crippen LogP contribution in [0.25, 0.3) is 0 Å². The molecule has 0 saturated heterocycles. The van der Waals surface area contributed by atoms with Gasteiger partial charge in [0.2, 0.25) is 5.88 Å². The Morgan fingerprint density at radius 3 is 2.83 bits per heavy atom. The molecule has 0 aliphatic rings. The summed E-state index contributed by atoms with van der Waals surface area (Å²) in [6.45, 7) is 4.00. The number of hydrogen-bond acceptors (Lipinski definition) is 3. The van der Waals surface area contributed by atoms with Crippen LogP contribution < -0.4 is 4.74 Å². The van der Waals surface area contributed by atoms with Gasteiger partial charge in [0, 0.05) is 11.9 Å². The van der Waals surface area contributed by atoms with Crippen LogP contribution in [-0.4, -0.2) is 9.97 Å². The van der Waals surface area contributed by atoms with Gasteiger partial charge in [-0.1, -0.05) is 18.5 Å². The molecule has 5 heteroatoms. The van der Waals surface area contributed by atoms with E-state index in [0.717, 1.165) is 28.0 Å². The van der Waals surface area contributed by atoms with Gasteiger partial charge in [-0.05, 0) is 47.5 Å². The van der Waals surface area contributed by atoms with E-state index in [1.807, 2.05) is 26.0 Å². The number of halogens is 2. The highest BCUT2D eigenvalue weighted by Crippen LogP contribution is 2.30. The van der Waals surface area contributed by atoms with Crippen molar-refractivity contribution < 1.29 is 4.74 Å². The minimum absolute atomic E-state index is 0.486. The Kier molecular flexibility index (Phi) is 4.19. The SMILES string of the molecule is CCc1nc(C)ccc1Oc1ncc(Cl)cc1Br. The van der Waals surface area contributed by atoms with E-state index in [0.29, 0.717) is 10.9 Å². The highest BCUT2D eigenvalue weighted by Gasteiger charge is 2.09. The second-order valence-corrected chi connectivity index (χ2v) is 5.08. The highest BCUT2D eigenvalue weighted by atomic mass is 79.9. The third kappa shape index (κ3) is 3.00. The van der Waals surface area contributed by atoms with Crippen molar-refractivity contribution in [2.75, 3.05) is 0 Å². The van der Waals surface area contributed by atoms with Crippen LogP contribution in [0.4, 0.5) is 0 Å². The van der Waals surface area contributed by atoms with E-state index in [9.17, 15) is 0 Å². The van der Waals surface area contributed by atoms with Gasteiger partial charge in [-0.3, -0.25) is 4.98 Å². The lowest BCUT2D eigenvalue weighted by atomic mass is 10.2. The molecule has 2 aromatic heterocycles. The van der Waals surface area contributed by atoms with Gasteiger partial charge in [0.25, 0.3) is 0 Å². The summed E-state index contributed by atoms with van der Waals surface area (Å²) >= 11 is 9.21. The molecule has 2 heterocycles. The Labute approximate surface area is 119 Å². The summed E-state index contributed by atoms with van der Waals surface area (Å²) < 4.78 is 6.48. The van der Waals surface area contributed by atoms with Crippen molar-refractivity contribution in [1.29, 1.82) is 0 Å². The third-order valence-corrected chi connectivity index (χ3v) is 3.16. The Balaban J connectivity index is 2.33. The van der Waals surface area contributed by atoms with E-state index in [4.69, 9.17) is 16.3 Å². The maximum Gasteiger partial charge on any atom is 0.233 e. The zero-order chi connectivity index (χ0) is 13.1. The van der Waals surface area contributed by atoms with Crippen LogP contribution in [-0.2, 0) is 6.42 Å². The van der Waals surface area contributed by atoms with Crippen LogP contribution in [0, 0.1) is 6.92 Å². The lowest BCUT2D eigenvalue weighted by Crippen LogP contribution is -1.97. The molecule has 0 saturated carbocycles. The smallest absolute Gasteiger partial charge is 0.233 e. The van der Waals surface area contributed by atoms with Crippen molar-refractivity contribution in [1.82, 2.24) is 9.97 Å². The minimum atomic E-state index is 0.486. The van der Waals surface area contributed by atoms with Crippen LogP contribution >= 0.6 is 27.5 Å². The van der Waals surface area contributed by atoms with Gasteiger partial charge in [0.15, 0.2) is 5.75 Å². The molecule has 0 radical (unpaired) electrons. The standard InChI is InChI=1S/C13H12BrClN2O/c1-3-11-12(5-4-8(2)17-11)18-13-10(14)6-9(15)7-16-13/h4-7H,3H2,1-2H3. The molecular weight excluding hydrogens is 316 g/mol. The zero-order valence-electron chi connectivity index (χ0n) is 10.1. The molecule has 0 aliphatic heterocycles. The molecular formula is C13H12BrClN2O. The number of pyridine rings is 2. The summed E-state index contributed by atoms with van der Waals surface area (Å²) in [7, 11) is 0. The highest BCUT2D eigenvalue weighted by molar-refractivity contribution is 9.10. The van der Waals surface area contributed by atoms with Crippen LogP contribution in [0.3, 0.4) is 0 Å². The van der Waals surface area contributed by atoms with Crippen molar-refractivity contribution in [3.8, 4) is 11.6 Å². The predicted octanol–water partition coefficient (Wildman–Crippen LogP) is 4.56. The number of aryl methyl sites for hydroxylation is 2. The van der Waals surface area contributed by atoms with Crippen LogP contribution in [0.5, 0.6) is 11.6 Å². The molecule has 0 unspecified atom stereocenters. The second-order valence-electron chi connectivity index (χ2n) is 3.79. The molecule has 94 valence electrons. The topological polar surface area (TPSA) is 35.0 Å². The molecule has 0 atom stereocenters. The Morgan fingerprint density at radius 2 is 2.17 bits per heavy atom. The summed E-state index contributed by atoms with van der Waals surface area (Å²) in [4.78, 5) is 8.58. The fourth-order valence-corrected chi connectivity index (χ4v) is 2.24. The van der Waals surface area contributed by atoms with Gasteiger partial charge in [-0.15, -0.1) is 0 Å². The zero-order valence-corrected chi connectivity index (χ0v) is 12.4. The first-order chi connectivity index (χ1) is 8.60. The summed E-state index contributed by atoms with van der Waals surface area (Å²) in [5.41, 5.74) is 1.89. The average Bonchev–Trinajstić information content (AvgIpc) is 2.34. The fraction of sp³-hybridized carbons (Fsp3) is 0.231. The van der Waals surface area contributed by atoms with Crippen molar-refractivity contribution in [2.24, 2.45) is 0 Å². The number of hydrogen-bond donors (Lipinski definition) is 0. The molecule has 18 heavy (non-hydrogen) atoms. The minimum Gasteiger partial charge on any atom is -0.436 e. The molecule has 2 rings (SSSR count). The Hall–Kier alpha value is -1.13. The fourth-order valence-electron chi connectivity index (χ4n) is 1.53. The molecule has 2 aromatic rings. The van der Waals surface area contributed by atoms with Gasteiger partial charge in [0.05, 0.1) is 15.2 Å². The molecule has 0 fully saturated rings. The van der Waals surface area contributed by atoms with E-state index in [1.54, 1.807) is 12.3 Å². The van der Waals surface area contributed by atoms with Crippen molar-refractivity contribution in [3.63, 3.8) is 0 Å². The monoisotopic (exact) mass is 326 g/mol. The molecule has 0 spiro atoms. The normalized spacial score (nSPS) is 10.4. The van der Waals surface area contributed by atoms with Crippen molar-refractivity contribution >= 4 is 27.5 Å². The van der Waals surface area contributed by atoms with Crippen LogP contribution in [0.2, 0.25) is 5.02 Å². The van der Waals surface area contributed by atoms with E-state index in [2.05, 4.69) is 25.9 Å². The van der Waals surface area contributed by atoms with Crippen molar-refractivity contribution in [2.45, 2.75) is 20.3 Å².